The molecule has 1 aliphatic carbocycles. The first-order chi connectivity index (χ1) is 24.8. The van der Waals surface area contributed by atoms with Gasteiger partial charge in [0.05, 0.1) is 6.61 Å². The van der Waals surface area contributed by atoms with Crippen LogP contribution in [0.15, 0.2) is 48.6 Å². The van der Waals surface area contributed by atoms with Crippen LogP contribution in [0.2, 0.25) is 0 Å². The third-order valence-corrected chi connectivity index (χ3v) is 8.72. The number of hydrogen-bond donors (Lipinski definition) is 0. The predicted octanol–water partition coefficient (Wildman–Crippen LogP) is 10.9. The van der Waals surface area contributed by atoms with Gasteiger partial charge in [-0.3, -0.25) is 0 Å². The van der Waals surface area contributed by atoms with Gasteiger partial charge in [0, 0.05) is 6.42 Å². The van der Waals surface area contributed by atoms with Gasteiger partial charge in [0.15, 0.2) is 29.4 Å². The SMILES string of the molecule is CCCCCCCCCCOC(=O)C1(OC(=O)c2c(F)c(F)c(C(=O)OC(CCCCCC)C(F)(F)F)c(F)c2F)C=CC(c2ccccc2)=CC1. The van der Waals surface area contributed by atoms with Crippen molar-refractivity contribution in [1.82, 2.24) is 0 Å². The molecule has 0 bridgehead atoms. The molecule has 2 atom stereocenters. The van der Waals surface area contributed by atoms with E-state index in [2.05, 4.69) is 11.7 Å². The molecule has 0 heterocycles. The lowest BCUT2D eigenvalue weighted by atomic mass is 9.89. The van der Waals surface area contributed by atoms with E-state index in [4.69, 9.17) is 9.47 Å². The normalized spacial score (nSPS) is 16.3. The molecule has 0 saturated heterocycles. The van der Waals surface area contributed by atoms with E-state index in [-0.39, 0.29) is 19.4 Å². The van der Waals surface area contributed by atoms with Crippen LogP contribution in [0, 0.1) is 23.3 Å². The maximum atomic E-state index is 15.3. The number of carbonyl (C=O) groups excluding carboxylic acids is 3. The fraction of sp³-hybridized carbons (Fsp3) is 0.513. The quantitative estimate of drug-likeness (QED) is 0.0442. The monoisotopic (exact) mass is 742 g/mol. The number of carbonyl (C=O) groups is 3. The van der Waals surface area contributed by atoms with Crippen LogP contribution in [0.25, 0.3) is 5.57 Å². The highest BCUT2D eigenvalue weighted by Gasteiger charge is 2.46. The Balaban J connectivity index is 1.84. The first kappa shape index (κ1) is 42.3. The second-order valence-electron chi connectivity index (χ2n) is 12.7. The van der Waals surface area contributed by atoms with Crippen LogP contribution in [0.5, 0.6) is 0 Å². The zero-order chi connectivity index (χ0) is 38.3. The maximum absolute atomic E-state index is 15.3. The van der Waals surface area contributed by atoms with Gasteiger partial charge in [0.1, 0.15) is 11.1 Å². The summed E-state index contributed by atoms with van der Waals surface area (Å²) in [6.07, 6.45) is 4.12. The third-order valence-electron chi connectivity index (χ3n) is 8.72. The second kappa shape index (κ2) is 20.2. The maximum Gasteiger partial charge on any atom is 0.425 e. The third kappa shape index (κ3) is 11.4. The van der Waals surface area contributed by atoms with Gasteiger partial charge in [-0.25, -0.2) is 31.9 Å². The molecule has 1 aliphatic rings. The van der Waals surface area contributed by atoms with Crippen LogP contribution < -0.4 is 0 Å². The molecule has 13 heteroatoms. The number of ether oxygens (including phenoxy) is 3. The number of halogens is 7. The summed E-state index contributed by atoms with van der Waals surface area (Å²) in [4.78, 5) is 39.2. The lowest BCUT2D eigenvalue weighted by Gasteiger charge is -2.30. The smallest absolute Gasteiger partial charge is 0.425 e. The molecule has 0 amide bonds. The summed E-state index contributed by atoms with van der Waals surface area (Å²) < 4.78 is 116. The minimum Gasteiger partial charge on any atom is -0.462 e. The van der Waals surface area contributed by atoms with Crippen molar-refractivity contribution in [3.05, 3.63) is 88.5 Å². The van der Waals surface area contributed by atoms with E-state index in [0.29, 0.717) is 31.3 Å². The molecule has 0 aromatic heterocycles. The van der Waals surface area contributed by atoms with Crippen molar-refractivity contribution in [2.45, 2.75) is 122 Å². The predicted molar refractivity (Wildman–Crippen MR) is 180 cm³/mol. The Hall–Kier alpha value is -4.16. The molecular weight excluding hydrogens is 697 g/mol. The Morgan fingerprint density at radius 2 is 1.25 bits per heavy atom. The van der Waals surface area contributed by atoms with Gasteiger partial charge in [-0.15, -0.1) is 0 Å². The highest BCUT2D eigenvalue weighted by molar-refractivity contribution is 5.97. The van der Waals surface area contributed by atoms with Gasteiger partial charge in [-0.1, -0.05) is 121 Å². The minimum absolute atomic E-state index is 0.0520. The van der Waals surface area contributed by atoms with Crippen molar-refractivity contribution in [3.8, 4) is 0 Å². The molecular formula is C39H45F7O6. The molecule has 0 fully saturated rings. The topological polar surface area (TPSA) is 78.9 Å². The molecule has 6 nitrogen and oxygen atoms in total. The van der Waals surface area contributed by atoms with Crippen LogP contribution in [-0.2, 0) is 19.0 Å². The van der Waals surface area contributed by atoms with E-state index in [1.54, 1.807) is 30.3 Å². The second-order valence-corrected chi connectivity index (χ2v) is 12.7. The summed E-state index contributed by atoms with van der Waals surface area (Å²) >= 11 is 0. The van der Waals surface area contributed by atoms with Gasteiger partial charge in [0.2, 0.25) is 5.60 Å². The lowest BCUT2D eigenvalue weighted by Crippen LogP contribution is -2.44. The standard InChI is InChI=1S/C39H45F7O6/c1-3-5-7-9-10-11-12-17-25-50-37(49)38(23-21-27(22-24-38)26-18-14-13-15-19-26)52-36(48)30-33(42)31(40)29(32(41)34(30)43)35(47)51-28(39(44,45)46)20-16-8-6-4-2/h13-15,18-19,21-23,28H,3-12,16-17,20,24-25H2,1-2H3. The summed E-state index contributed by atoms with van der Waals surface area (Å²) in [7, 11) is 0. The minimum atomic E-state index is -5.14. The zero-order valence-electron chi connectivity index (χ0n) is 29.4. The van der Waals surface area contributed by atoms with Crippen molar-refractivity contribution < 1.29 is 59.3 Å². The Morgan fingerprint density at radius 3 is 1.77 bits per heavy atom. The van der Waals surface area contributed by atoms with Crippen molar-refractivity contribution in [1.29, 1.82) is 0 Å². The molecule has 2 aromatic carbocycles. The lowest BCUT2D eigenvalue weighted by molar-refractivity contribution is -0.206. The molecule has 0 N–H and O–H groups in total. The number of alkyl halides is 3. The number of unbranched alkanes of at least 4 members (excludes halogenated alkanes) is 10. The van der Waals surface area contributed by atoms with Gasteiger partial charge in [0.25, 0.3) is 0 Å². The molecule has 286 valence electrons. The first-order valence-corrected chi connectivity index (χ1v) is 17.8. The van der Waals surface area contributed by atoms with Crippen LogP contribution in [0.4, 0.5) is 30.7 Å². The van der Waals surface area contributed by atoms with Crippen LogP contribution >= 0.6 is 0 Å². The van der Waals surface area contributed by atoms with E-state index < -0.39 is 76.6 Å². The van der Waals surface area contributed by atoms with Crippen LogP contribution in [-0.4, -0.2) is 42.4 Å². The fourth-order valence-electron chi connectivity index (χ4n) is 5.70. The number of hydrogen-bond acceptors (Lipinski definition) is 6. The highest BCUT2D eigenvalue weighted by atomic mass is 19.4. The van der Waals surface area contributed by atoms with Crippen molar-refractivity contribution in [2.24, 2.45) is 0 Å². The van der Waals surface area contributed by atoms with Crippen molar-refractivity contribution in [2.75, 3.05) is 6.61 Å². The van der Waals surface area contributed by atoms with Crippen molar-refractivity contribution in [3.63, 3.8) is 0 Å². The average molecular weight is 743 g/mol. The fourth-order valence-corrected chi connectivity index (χ4v) is 5.70. The Morgan fingerprint density at radius 1 is 0.731 bits per heavy atom. The number of benzene rings is 2. The van der Waals surface area contributed by atoms with Gasteiger partial charge >= 0.3 is 24.1 Å². The van der Waals surface area contributed by atoms with E-state index >= 15 is 17.6 Å². The van der Waals surface area contributed by atoms with Gasteiger partial charge in [-0.05, 0) is 36.5 Å². The zero-order valence-corrected chi connectivity index (χ0v) is 29.4. The molecule has 2 unspecified atom stereocenters. The molecule has 0 radical (unpaired) electrons. The molecule has 0 spiro atoms. The Labute approximate surface area is 299 Å². The molecule has 2 aromatic rings. The van der Waals surface area contributed by atoms with Crippen LogP contribution in [0.1, 0.15) is 130 Å². The number of allylic oxidation sites excluding steroid dienone is 2. The molecule has 3 rings (SSSR count). The van der Waals surface area contributed by atoms with E-state index in [1.165, 1.54) is 12.2 Å². The summed E-state index contributed by atoms with van der Waals surface area (Å²) in [6.45, 7) is 3.85. The van der Waals surface area contributed by atoms with Crippen molar-refractivity contribution >= 4 is 23.5 Å². The largest absolute Gasteiger partial charge is 0.462 e. The molecule has 0 aliphatic heterocycles. The summed E-state index contributed by atoms with van der Waals surface area (Å²) in [5.41, 5.74) is -5.02. The van der Waals surface area contributed by atoms with E-state index in [9.17, 15) is 27.6 Å². The van der Waals surface area contributed by atoms with Crippen LogP contribution in [0.3, 0.4) is 0 Å². The highest BCUT2D eigenvalue weighted by Crippen LogP contribution is 2.35. The average Bonchev–Trinajstić information content (AvgIpc) is 3.11. The summed E-state index contributed by atoms with van der Waals surface area (Å²) in [6, 6.07) is 8.83. The number of esters is 3. The summed E-state index contributed by atoms with van der Waals surface area (Å²) in [5.74, 6) is -15.3. The first-order valence-electron chi connectivity index (χ1n) is 17.8. The Kier molecular flexibility index (Phi) is 16.4. The van der Waals surface area contributed by atoms with E-state index in [1.807, 2.05) is 6.92 Å². The van der Waals surface area contributed by atoms with Gasteiger partial charge in [-0.2, -0.15) is 13.2 Å². The molecule has 0 saturated carbocycles. The Bertz CT molecular complexity index is 1540. The van der Waals surface area contributed by atoms with E-state index in [0.717, 1.165) is 56.6 Å². The number of rotatable bonds is 20. The van der Waals surface area contributed by atoms with Gasteiger partial charge < -0.3 is 14.2 Å². The summed E-state index contributed by atoms with van der Waals surface area (Å²) in [5, 5.41) is 0. The molecule has 52 heavy (non-hydrogen) atoms.